The van der Waals surface area contributed by atoms with Gasteiger partial charge in [0.15, 0.2) is 5.17 Å². The van der Waals surface area contributed by atoms with E-state index in [1.165, 1.54) is 0 Å². The van der Waals surface area contributed by atoms with Crippen molar-refractivity contribution in [2.45, 2.75) is 11.7 Å². The monoisotopic (exact) mass is 279 g/mol. The van der Waals surface area contributed by atoms with Crippen molar-refractivity contribution in [3.63, 3.8) is 0 Å². The number of rotatable bonds is 4. The third kappa shape index (κ3) is 2.41. The van der Waals surface area contributed by atoms with Crippen LogP contribution in [0.4, 0.5) is 5.82 Å². The Morgan fingerprint density at radius 3 is 3.22 bits per heavy atom. The summed E-state index contributed by atoms with van der Waals surface area (Å²) in [5.41, 5.74) is 6.64. The van der Waals surface area contributed by atoms with Gasteiger partial charge in [0.05, 0.1) is 16.8 Å². The van der Waals surface area contributed by atoms with E-state index in [1.807, 2.05) is 11.4 Å². The van der Waals surface area contributed by atoms with E-state index in [2.05, 4.69) is 20.3 Å². The summed E-state index contributed by atoms with van der Waals surface area (Å²) in [6.45, 7) is 1.71. The fraction of sp³-hybridized carbons (Fsp3) is 0.364. The number of fused-ring (bicyclic) bond motifs is 1. The second kappa shape index (κ2) is 5.11. The van der Waals surface area contributed by atoms with Gasteiger partial charge in [-0.25, -0.2) is 9.97 Å². The first kappa shape index (κ1) is 11.7. The van der Waals surface area contributed by atoms with Gasteiger partial charge in [0.2, 0.25) is 0 Å². The predicted molar refractivity (Wildman–Crippen MR) is 78.4 cm³/mol. The Morgan fingerprint density at radius 2 is 2.39 bits per heavy atom. The van der Waals surface area contributed by atoms with Crippen LogP contribution in [0, 0.1) is 0 Å². The van der Waals surface area contributed by atoms with Gasteiger partial charge in [-0.05, 0) is 17.9 Å². The van der Waals surface area contributed by atoms with Crippen LogP contribution in [0.3, 0.4) is 0 Å². The fourth-order valence-electron chi connectivity index (χ4n) is 1.85. The Kier molecular flexibility index (Phi) is 3.33. The molecule has 0 saturated carbocycles. The summed E-state index contributed by atoms with van der Waals surface area (Å²) >= 11 is 3.33. The van der Waals surface area contributed by atoms with E-state index in [0.717, 1.165) is 35.5 Å². The minimum Gasteiger partial charge on any atom is -0.379 e. The molecule has 0 spiro atoms. The molecule has 1 atom stereocenters. The van der Waals surface area contributed by atoms with Gasteiger partial charge in [0, 0.05) is 11.8 Å². The minimum absolute atomic E-state index is 0.498. The van der Waals surface area contributed by atoms with Crippen LogP contribution in [0.1, 0.15) is 6.42 Å². The number of thioether (sulfide) groups is 1. The molecule has 2 aromatic rings. The normalized spacial score (nSPS) is 19.1. The van der Waals surface area contributed by atoms with E-state index in [4.69, 9.17) is 5.73 Å². The number of nitrogens with zero attached hydrogens (tertiary/aromatic N) is 3. The summed E-state index contributed by atoms with van der Waals surface area (Å²) < 4.78 is 1.12. The van der Waals surface area contributed by atoms with E-state index in [0.29, 0.717) is 10.4 Å². The number of amidine groups is 1. The van der Waals surface area contributed by atoms with E-state index < -0.39 is 0 Å². The van der Waals surface area contributed by atoms with Crippen molar-refractivity contribution in [2.24, 2.45) is 10.7 Å². The first-order valence-electron chi connectivity index (χ1n) is 5.71. The zero-order valence-corrected chi connectivity index (χ0v) is 11.3. The van der Waals surface area contributed by atoms with Crippen LogP contribution >= 0.6 is 23.1 Å². The van der Waals surface area contributed by atoms with Crippen molar-refractivity contribution in [1.82, 2.24) is 9.97 Å². The maximum Gasteiger partial charge on any atom is 0.154 e. The average molecular weight is 279 g/mol. The Labute approximate surface area is 113 Å². The highest BCUT2D eigenvalue weighted by Crippen LogP contribution is 2.25. The van der Waals surface area contributed by atoms with Gasteiger partial charge in [0.1, 0.15) is 12.1 Å². The molecule has 0 bridgehead atoms. The largest absolute Gasteiger partial charge is 0.379 e. The molecule has 0 amide bonds. The molecular weight excluding hydrogens is 266 g/mol. The lowest BCUT2D eigenvalue weighted by Crippen LogP contribution is -2.13. The van der Waals surface area contributed by atoms with E-state index in [-0.39, 0.29) is 0 Å². The molecule has 1 unspecified atom stereocenters. The lowest BCUT2D eigenvalue weighted by Gasteiger charge is -2.09. The van der Waals surface area contributed by atoms with Crippen molar-refractivity contribution < 1.29 is 0 Å². The van der Waals surface area contributed by atoms with Gasteiger partial charge in [-0.1, -0.05) is 11.8 Å². The minimum atomic E-state index is 0.498. The number of thiophene rings is 1. The molecule has 7 heteroatoms. The predicted octanol–water partition coefficient (Wildman–Crippen LogP) is 1.92. The van der Waals surface area contributed by atoms with E-state index in [9.17, 15) is 0 Å². The molecular formula is C11H13N5S2. The highest BCUT2D eigenvalue weighted by atomic mass is 32.2. The van der Waals surface area contributed by atoms with E-state index in [1.54, 1.807) is 29.4 Å². The number of anilines is 1. The van der Waals surface area contributed by atoms with Crippen molar-refractivity contribution in [2.75, 3.05) is 18.4 Å². The zero-order valence-electron chi connectivity index (χ0n) is 9.67. The van der Waals surface area contributed by atoms with Crippen LogP contribution in [-0.2, 0) is 0 Å². The van der Waals surface area contributed by atoms with Gasteiger partial charge in [0.25, 0.3) is 0 Å². The number of hydrogen-bond acceptors (Lipinski definition) is 7. The molecule has 0 aliphatic carbocycles. The average Bonchev–Trinajstić information content (AvgIpc) is 2.98. The summed E-state index contributed by atoms with van der Waals surface area (Å²) in [5, 5.41) is 6.61. The molecule has 0 aromatic carbocycles. The van der Waals surface area contributed by atoms with E-state index >= 15 is 0 Å². The zero-order chi connectivity index (χ0) is 12.4. The number of aliphatic imine (C=N–C) groups is 1. The number of nitrogens with two attached hydrogens (primary N) is 1. The highest BCUT2D eigenvalue weighted by Gasteiger charge is 2.16. The van der Waals surface area contributed by atoms with Crippen LogP contribution in [0.25, 0.3) is 10.2 Å². The Bertz CT molecular complexity index is 580. The number of hydrogen-bond donors (Lipinski definition) is 2. The maximum absolute atomic E-state index is 5.64. The second-order valence-electron chi connectivity index (χ2n) is 3.99. The van der Waals surface area contributed by atoms with Crippen molar-refractivity contribution in [3.8, 4) is 0 Å². The summed E-state index contributed by atoms with van der Waals surface area (Å²) in [4.78, 5) is 12.7. The molecule has 5 nitrogen and oxygen atoms in total. The first-order valence-corrected chi connectivity index (χ1v) is 7.47. The van der Waals surface area contributed by atoms with Gasteiger partial charge in [-0.3, -0.25) is 4.99 Å². The number of aromatic nitrogens is 2. The highest BCUT2D eigenvalue weighted by molar-refractivity contribution is 8.14. The van der Waals surface area contributed by atoms with Gasteiger partial charge >= 0.3 is 0 Å². The quantitative estimate of drug-likeness (QED) is 0.894. The molecule has 3 heterocycles. The summed E-state index contributed by atoms with van der Waals surface area (Å²) in [5.74, 6) is 0.923. The van der Waals surface area contributed by atoms with Crippen molar-refractivity contribution in [3.05, 3.63) is 17.8 Å². The van der Waals surface area contributed by atoms with Crippen LogP contribution in [0.2, 0.25) is 0 Å². The van der Waals surface area contributed by atoms with Crippen molar-refractivity contribution >= 4 is 44.3 Å². The molecule has 18 heavy (non-hydrogen) atoms. The van der Waals surface area contributed by atoms with Crippen LogP contribution < -0.4 is 11.1 Å². The van der Waals surface area contributed by atoms with Gasteiger partial charge < -0.3 is 11.1 Å². The Morgan fingerprint density at radius 1 is 1.44 bits per heavy atom. The van der Waals surface area contributed by atoms with Crippen LogP contribution in [0.15, 0.2) is 22.8 Å². The van der Waals surface area contributed by atoms with Gasteiger partial charge in [-0.2, -0.15) is 0 Å². The third-order valence-electron chi connectivity index (χ3n) is 2.74. The number of nitrogens with one attached hydrogen (secondary N) is 1. The Balaban J connectivity index is 1.58. The standard InChI is InChI=1S/C11H13N5S2/c12-11-14-5-7(18-11)1-3-13-10-9-8(2-4-17-9)15-6-16-10/h2,4,6-7H,1,3,5H2,(H2,12,14)(H,13,15,16). The molecule has 0 radical (unpaired) electrons. The smallest absolute Gasteiger partial charge is 0.154 e. The topological polar surface area (TPSA) is 76.2 Å². The Hall–Kier alpha value is -1.34. The lowest BCUT2D eigenvalue weighted by atomic mass is 10.3. The summed E-state index contributed by atoms with van der Waals surface area (Å²) in [6.07, 6.45) is 2.63. The fourth-order valence-corrected chi connectivity index (χ4v) is 3.54. The summed E-state index contributed by atoms with van der Waals surface area (Å²) in [6, 6.07) is 2.01. The molecule has 3 rings (SSSR count). The maximum atomic E-state index is 5.64. The van der Waals surface area contributed by atoms with Crippen LogP contribution in [0.5, 0.6) is 0 Å². The summed E-state index contributed by atoms with van der Waals surface area (Å²) in [7, 11) is 0. The molecule has 0 saturated heterocycles. The second-order valence-corrected chi connectivity index (χ2v) is 6.23. The SMILES string of the molecule is NC1=NCC(CCNc2ncnc3ccsc23)S1. The molecule has 2 aromatic heterocycles. The van der Waals surface area contributed by atoms with Crippen LogP contribution in [-0.4, -0.2) is 33.5 Å². The third-order valence-corrected chi connectivity index (χ3v) is 4.74. The van der Waals surface area contributed by atoms with Crippen molar-refractivity contribution in [1.29, 1.82) is 0 Å². The molecule has 1 aliphatic rings. The first-order chi connectivity index (χ1) is 8.83. The molecule has 0 fully saturated rings. The molecule has 94 valence electrons. The van der Waals surface area contributed by atoms with Gasteiger partial charge in [-0.15, -0.1) is 11.3 Å². The molecule has 3 N–H and O–H groups in total. The molecule has 1 aliphatic heterocycles. The lowest BCUT2D eigenvalue weighted by molar-refractivity contribution is 0.804.